The van der Waals surface area contributed by atoms with Crippen molar-refractivity contribution in [1.29, 1.82) is 0 Å². The summed E-state index contributed by atoms with van der Waals surface area (Å²) in [6.45, 7) is 4.77. The standard InChI is InChI=1S/C27H29NO5/c1-18-13-23(29)14-19(2)28(18)16-26(33-27(30)21-7-5-4-6-8-21)22-11-12-24(31-3)25(15-22)32-17-20-9-10-20/h4-8,11-15,20,26H,9-10,16-17H2,1-3H3. The average Bonchev–Trinajstić information content (AvgIpc) is 3.64. The lowest BCUT2D eigenvalue weighted by Crippen LogP contribution is -2.21. The molecule has 0 amide bonds. The number of hydrogen-bond donors (Lipinski definition) is 0. The highest BCUT2D eigenvalue weighted by atomic mass is 16.5. The molecule has 33 heavy (non-hydrogen) atoms. The summed E-state index contributed by atoms with van der Waals surface area (Å²) in [6, 6.07) is 17.7. The summed E-state index contributed by atoms with van der Waals surface area (Å²) >= 11 is 0. The van der Waals surface area contributed by atoms with Crippen LogP contribution in [-0.4, -0.2) is 24.3 Å². The fourth-order valence-electron chi connectivity index (χ4n) is 3.82. The van der Waals surface area contributed by atoms with Crippen molar-refractivity contribution in [2.75, 3.05) is 13.7 Å². The molecule has 1 heterocycles. The van der Waals surface area contributed by atoms with Crippen LogP contribution in [-0.2, 0) is 11.3 Å². The van der Waals surface area contributed by atoms with E-state index >= 15 is 0 Å². The number of esters is 1. The number of methoxy groups -OCH3 is 1. The molecule has 3 aromatic rings. The molecule has 0 saturated heterocycles. The zero-order valence-corrected chi connectivity index (χ0v) is 19.2. The molecule has 0 spiro atoms. The largest absolute Gasteiger partial charge is 0.493 e. The van der Waals surface area contributed by atoms with Gasteiger partial charge < -0.3 is 18.8 Å². The minimum atomic E-state index is -0.591. The lowest BCUT2D eigenvalue weighted by molar-refractivity contribution is 0.0251. The number of rotatable bonds is 9. The van der Waals surface area contributed by atoms with E-state index in [9.17, 15) is 9.59 Å². The second kappa shape index (κ2) is 9.94. The van der Waals surface area contributed by atoms with Crippen LogP contribution < -0.4 is 14.9 Å². The smallest absolute Gasteiger partial charge is 0.338 e. The Morgan fingerprint density at radius 3 is 2.33 bits per heavy atom. The number of carbonyl (C=O) groups excluding carboxylic acids is 1. The van der Waals surface area contributed by atoms with Gasteiger partial charge in [0.1, 0.15) is 6.10 Å². The number of aryl methyl sites for hydroxylation is 2. The van der Waals surface area contributed by atoms with Crippen molar-refractivity contribution in [3.8, 4) is 11.5 Å². The lowest BCUT2D eigenvalue weighted by atomic mass is 10.1. The molecule has 1 aliphatic carbocycles. The van der Waals surface area contributed by atoms with Crippen LogP contribution in [0.3, 0.4) is 0 Å². The molecule has 1 saturated carbocycles. The quantitative estimate of drug-likeness (QED) is 0.438. The van der Waals surface area contributed by atoms with E-state index in [-0.39, 0.29) is 5.43 Å². The molecular weight excluding hydrogens is 418 g/mol. The second-order valence-electron chi connectivity index (χ2n) is 8.51. The van der Waals surface area contributed by atoms with Crippen molar-refractivity contribution in [3.05, 3.63) is 93.4 Å². The SMILES string of the molecule is COc1ccc(C(Cn2c(C)cc(=O)cc2C)OC(=O)c2ccccc2)cc1OCC1CC1. The highest BCUT2D eigenvalue weighted by Crippen LogP contribution is 2.35. The van der Waals surface area contributed by atoms with Crippen molar-refractivity contribution in [1.82, 2.24) is 4.57 Å². The van der Waals surface area contributed by atoms with Gasteiger partial charge >= 0.3 is 5.97 Å². The summed E-state index contributed by atoms with van der Waals surface area (Å²) in [5.41, 5.74) is 2.84. The molecule has 6 nitrogen and oxygen atoms in total. The fourth-order valence-corrected chi connectivity index (χ4v) is 3.82. The van der Waals surface area contributed by atoms with Gasteiger partial charge in [0.25, 0.3) is 0 Å². The molecule has 0 radical (unpaired) electrons. The fraction of sp³-hybridized carbons (Fsp3) is 0.333. The number of aromatic nitrogens is 1. The molecule has 1 aliphatic rings. The highest BCUT2D eigenvalue weighted by molar-refractivity contribution is 5.89. The van der Waals surface area contributed by atoms with Crippen LogP contribution in [0.15, 0.2) is 65.5 Å². The Labute approximate surface area is 193 Å². The molecule has 0 N–H and O–H groups in total. The molecule has 2 aromatic carbocycles. The summed E-state index contributed by atoms with van der Waals surface area (Å²) in [5.74, 6) is 1.46. The van der Waals surface area contributed by atoms with E-state index < -0.39 is 12.1 Å². The Kier molecular flexibility index (Phi) is 6.82. The Balaban J connectivity index is 1.68. The van der Waals surface area contributed by atoms with E-state index in [2.05, 4.69) is 0 Å². The van der Waals surface area contributed by atoms with Gasteiger partial charge in [-0.05, 0) is 62.4 Å². The van der Waals surface area contributed by atoms with Crippen molar-refractivity contribution < 1.29 is 19.0 Å². The number of carbonyl (C=O) groups is 1. The average molecular weight is 448 g/mol. The van der Waals surface area contributed by atoms with Crippen LogP contribution in [0.25, 0.3) is 0 Å². The maximum atomic E-state index is 12.9. The molecule has 0 aliphatic heterocycles. The summed E-state index contributed by atoms with van der Waals surface area (Å²) in [4.78, 5) is 24.8. The van der Waals surface area contributed by atoms with Gasteiger partial charge in [-0.15, -0.1) is 0 Å². The van der Waals surface area contributed by atoms with Gasteiger partial charge in [0.15, 0.2) is 16.9 Å². The first kappa shape index (κ1) is 22.6. The van der Waals surface area contributed by atoms with Gasteiger partial charge in [-0.1, -0.05) is 24.3 Å². The monoisotopic (exact) mass is 447 g/mol. The van der Waals surface area contributed by atoms with E-state index in [0.717, 1.165) is 17.0 Å². The first-order valence-corrected chi connectivity index (χ1v) is 11.2. The third-order valence-electron chi connectivity index (χ3n) is 5.89. The first-order chi connectivity index (χ1) is 15.9. The van der Waals surface area contributed by atoms with Gasteiger partial charge in [0.2, 0.25) is 0 Å². The maximum absolute atomic E-state index is 12.9. The number of pyridine rings is 1. The van der Waals surface area contributed by atoms with Gasteiger partial charge in [-0.2, -0.15) is 0 Å². The lowest BCUT2D eigenvalue weighted by Gasteiger charge is -2.24. The van der Waals surface area contributed by atoms with Crippen LogP contribution >= 0.6 is 0 Å². The zero-order valence-electron chi connectivity index (χ0n) is 19.2. The predicted molar refractivity (Wildman–Crippen MR) is 126 cm³/mol. The third-order valence-corrected chi connectivity index (χ3v) is 5.89. The molecule has 1 aromatic heterocycles. The Bertz CT molecular complexity index is 1150. The van der Waals surface area contributed by atoms with Gasteiger partial charge in [0.05, 0.1) is 25.8 Å². The Morgan fingerprint density at radius 1 is 1.00 bits per heavy atom. The van der Waals surface area contributed by atoms with Crippen molar-refractivity contribution in [2.24, 2.45) is 5.92 Å². The van der Waals surface area contributed by atoms with Gasteiger partial charge in [-0.25, -0.2) is 4.79 Å². The van der Waals surface area contributed by atoms with Gasteiger partial charge in [0, 0.05) is 23.5 Å². The zero-order chi connectivity index (χ0) is 23.4. The Morgan fingerprint density at radius 2 is 1.70 bits per heavy atom. The molecule has 1 unspecified atom stereocenters. The molecule has 4 rings (SSSR count). The van der Waals surface area contributed by atoms with Crippen LogP contribution in [0.5, 0.6) is 11.5 Å². The van der Waals surface area contributed by atoms with E-state index in [0.29, 0.717) is 36.1 Å². The van der Waals surface area contributed by atoms with E-state index in [4.69, 9.17) is 14.2 Å². The number of benzene rings is 2. The number of hydrogen-bond acceptors (Lipinski definition) is 5. The summed E-state index contributed by atoms with van der Waals surface area (Å²) < 4.78 is 19.5. The number of nitrogens with zero attached hydrogens (tertiary/aromatic N) is 1. The first-order valence-electron chi connectivity index (χ1n) is 11.2. The third kappa shape index (κ3) is 5.64. The molecular formula is C27H29NO5. The summed E-state index contributed by atoms with van der Waals surface area (Å²) in [6.07, 6.45) is 1.78. The second-order valence-corrected chi connectivity index (χ2v) is 8.51. The predicted octanol–water partition coefficient (Wildman–Crippen LogP) is 4.86. The molecule has 6 heteroatoms. The van der Waals surface area contributed by atoms with Crippen molar-refractivity contribution in [3.63, 3.8) is 0 Å². The molecule has 172 valence electrons. The molecule has 0 bridgehead atoms. The number of ether oxygens (including phenoxy) is 3. The normalized spacial score (nSPS) is 13.9. The van der Waals surface area contributed by atoms with Gasteiger partial charge in [-0.3, -0.25) is 4.79 Å². The van der Waals surface area contributed by atoms with Crippen LogP contribution in [0.2, 0.25) is 0 Å². The minimum Gasteiger partial charge on any atom is -0.493 e. The van der Waals surface area contributed by atoms with Crippen LogP contribution in [0.1, 0.15) is 46.3 Å². The highest BCUT2D eigenvalue weighted by Gasteiger charge is 2.24. The molecule has 1 fully saturated rings. The minimum absolute atomic E-state index is 0.0423. The van der Waals surface area contributed by atoms with E-state index in [1.54, 1.807) is 43.5 Å². The maximum Gasteiger partial charge on any atom is 0.338 e. The Hall–Kier alpha value is -3.54. The topological polar surface area (TPSA) is 66.8 Å². The van der Waals surface area contributed by atoms with E-state index in [1.165, 1.54) is 12.8 Å². The summed E-state index contributed by atoms with van der Waals surface area (Å²) in [5, 5.41) is 0. The van der Waals surface area contributed by atoms with E-state index in [1.807, 2.05) is 42.7 Å². The summed E-state index contributed by atoms with van der Waals surface area (Å²) in [7, 11) is 1.61. The molecule has 1 atom stereocenters. The van der Waals surface area contributed by atoms with Crippen molar-refractivity contribution in [2.45, 2.75) is 39.3 Å². The van der Waals surface area contributed by atoms with Crippen molar-refractivity contribution >= 4 is 5.97 Å². The van der Waals surface area contributed by atoms with Crippen LogP contribution in [0, 0.1) is 19.8 Å². The van der Waals surface area contributed by atoms with Crippen LogP contribution in [0.4, 0.5) is 0 Å².